The van der Waals surface area contributed by atoms with Crippen LogP contribution < -0.4 is 4.90 Å². The lowest BCUT2D eigenvalue weighted by atomic mass is 10.0. The molecule has 1 aliphatic heterocycles. The lowest BCUT2D eigenvalue weighted by Gasteiger charge is -2.34. The third kappa shape index (κ3) is 1.94. The van der Waals surface area contributed by atoms with E-state index in [9.17, 15) is 0 Å². The van der Waals surface area contributed by atoms with Crippen molar-refractivity contribution >= 4 is 16.7 Å². The van der Waals surface area contributed by atoms with E-state index < -0.39 is 0 Å². The SMILES string of the molecule is Cc1ccc2ncnc(N3CCCCC3C)c2c1. The number of anilines is 1. The molecule has 1 aromatic heterocycles. The van der Waals surface area contributed by atoms with Gasteiger partial charge in [0.25, 0.3) is 0 Å². The van der Waals surface area contributed by atoms with Crippen LogP contribution in [0.1, 0.15) is 31.7 Å². The highest BCUT2D eigenvalue weighted by Crippen LogP contribution is 2.29. The topological polar surface area (TPSA) is 29.0 Å². The van der Waals surface area contributed by atoms with Crippen LogP contribution in [-0.4, -0.2) is 22.6 Å². The van der Waals surface area contributed by atoms with Gasteiger partial charge in [0.15, 0.2) is 0 Å². The van der Waals surface area contributed by atoms with Crippen molar-refractivity contribution in [3.05, 3.63) is 30.1 Å². The zero-order valence-corrected chi connectivity index (χ0v) is 11.1. The minimum atomic E-state index is 0.581. The fraction of sp³-hybridized carbons (Fsp3) is 0.467. The average Bonchev–Trinajstić information content (AvgIpc) is 2.39. The van der Waals surface area contributed by atoms with E-state index in [-0.39, 0.29) is 0 Å². The van der Waals surface area contributed by atoms with Crippen LogP contribution in [0.25, 0.3) is 10.9 Å². The van der Waals surface area contributed by atoms with Gasteiger partial charge in [-0.05, 0) is 45.2 Å². The summed E-state index contributed by atoms with van der Waals surface area (Å²) < 4.78 is 0. The lowest BCUT2D eigenvalue weighted by Crippen LogP contribution is -2.38. The van der Waals surface area contributed by atoms with Crippen molar-refractivity contribution in [1.29, 1.82) is 0 Å². The summed E-state index contributed by atoms with van der Waals surface area (Å²) in [7, 11) is 0. The monoisotopic (exact) mass is 241 g/mol. The number of rotatable bonds is 1. The van der Waals surface area contributed by atoms with Gasteiger partial charge in [-0.1, -0.05) is 11.6 Å². The van der Waals surface area contributed by atoms with Crippen LogP contribution in [0.5, 0.6) is 0 Å². The van der Waals surface area contributed by atoms with Crippen LogP contribution in [0, 0.1) is 6.92 Å². The molecule has 0 N–H and O–H groups in total. The molecule has 18 heavy (non-hydrogen) atoms. The molecule has 0 saturated carbocycles. The van der Waals surface area contributed by atoms with Crippen molar-refractivity contribution in [3.63, 3.8) is 0 Å². The van der Waals surface area contributed by atoms with Gasteiger partial charge in [-0.3, -0.25) is 0 Å². The molecule has 1 saturated heterocycles. The molecule has 0 bridgehead atoms. The molecule has 1 aromatic carbocycles. The third-order valence-electron chi connectivity index (χ3n) is 3.84. The maximum Gasteiger partial charge on any atom is 0.140 e. The summed E-state index contributed by atoms with van der Waals surface area (Å²) in [6.45, 7) is 5.53. The molecule has 1 unspecified atom stereocenters. The van der Waals surface area contributed by atoms with Crippen molar-refractivity contribution in [2.45, 2.75) is 39.2 Å². The van der Waals surface area contributed by atoms with E-state index in [4.69, 9.17) is 0 Å². The molecule has 0 spiro atoms. The van der Waals surface area contributed by atoms with Gasteiger partial charge in [0.2, 0.25) is 0 Å². The fourth-order valence-corrected chi connectivity index (χ4v) is 2.80. The molecule has 1 atom stereocenters. The fourth-order valence-electron chi connectivity index (χ4n) is 2.80. The van der Waals surface area contributed by atoms with Crippen LogP contribution in [-0.2, 0) is 0 Å². The highest BCUT2D eigenvalue weighted by atomic mass is 15.2. The van der Waals surface area contributed by atoms with Gasteiger partial charge in [-0.25, -0.2) is 9.97 Å². The van der Waals surface area contributed by atoms with E-state index in [1.165, 1.54) is 30.2 Å². The first-order chi connectivity index (χ1) is 8.75. The zero-order valence-electron chi connectivity index (χ0n) is 11.1. The molecule has 2 heterocycles. The third-order valence-corrected chi connectivity index (χ3v) is 3.84. The average molecular weight is 241 g/mol. The Bertz CT molecular complexity index is 565. The number of hydrogen-bond acceptors (Lipinski definition) is 3. The second kappa shape index (κ2) is 4.56. The van der Waals surface area contributed by atoms with Crippen molar-refractivity contribution in [2.24, 2.45) is 0 Å². The van der Waals surface area contributed by atoms with E-state index in [1.54, 1.807) is 6.33 Å². The minimum absolute atomic E-state index is 0.581. The molecule has 1 aliphatic rings. The standard InChI is InChI=1S/C15H19N3/c1-11-6-7-14-13(9-11)15(17-10-16-14)18-8-4-3-5-12(18)2/h6-7,9-10,12H,3-5,8H2,1-2H3. The predicted octanol–water partition coefficient (Wildman–Crippen LogP) is 3.32. The van der Waals surface area contributed by atoms with E-state index in [0.717, 1.165) is 17.9 Å². The second-order valence-electron chi connectivity index (χ2n) is 5.26. The summed E-state index contributed by atoms with van der Waals surface area (Å²) in [6.07, 6.45) is 5.55. The van der Waals surface area contributed by atoms with Crippen molar-refractivity contribution in [2.75, 3.05) is 11.4 Å². The van der Waals surface area contributed by atoms with E-state index in [1.807, 2.05) is 0 Å². The molecule has 1 fully saturated rings. The quantitative estimate of drug-likeness (QED) is 0.767. The van der Waals surface area contributed by atoms with Crippen LogP contribution in [0.4, 0.5) is 5.82 Å². The number of hydrogen-bond donors (Lipinski definition) is 0. The van der Waals surface area contributed by atoms with E-state index in [2.05, 4.69) is 46.9 Å². The minimum Gasteiger partial charge on any atom is -0.353 e. The van der Waals surface area contributed by atoms with E-state index in [0.29, 0.717) is 6.04 Å². The first-order valence-corrected chi connectivity index (χ1v) is 6.74. The predicted molar refractivity (Wildman–Crippen MR) is 74.9 cm³/mol. The van der Waals surface area contributed by atoms with Crippen LogP contribution in [0.2, 0.25) is 0 Å². The molecule has 0 radical (unpaired) electrons. The second-order valence-corrected chi connectivity index (χ2v) is 5.26. The van der Waals surface area contributed by atoms with Gasteiger partial charge in [-0.15, -0.1) is 0 Å². The molecule has 3 rings (SSSR count). The summed E-state index contributed by atoms with van der Waals surface area (Å²) >= 11 is 0. The number of benzene rings is 1. The molecule has 3 heteroatoms. The van der Waals surface area contributed by atoms with Crippen LogP contribution in [0.15, 0.2) is 24.5 Å². The summed E-state index contributed by atoms with van der Waals surface area (Å²) in [4.78, 5) is 11.3. The molecule has 0 amide bonds. The Labute approximate surface area is 108 Å². The summed E-state index contributed by atoms with van der Waals surface area (Å²) in [5, 5.41) is 1.19. The number of piperidine rings is 1. The molecular weight excluding hydrogens is 222 g/mol. The molecule has 2 aromatic rings. The number of fused-ring (bicyclic) bond motifs is 1. The Kier molecular flexibility index (Phi) is 2.90. The molecule has 94 valence electrons. The molecular formula is C15H19N3. The van der Waals surface area contributed by atoms with Gasteiger partial charge >= 0.3 is 0 Å². The number of aryl methyl sites for hydroxylation is 1. The van der Waals surface area contributed by atoms with Crippen molar-refractivity contribution in [3.8, 4) is 0 Å². The number of nitrogens with zero attached hydrogens (tertiary/aromatic N) is 3. The Morgan fingerprint density at radius 2 is 2.11 bits per heavy atom. The maximum atomic E-state index is 4.54. The summed E-state index contributed by atoms with van der Waals surface area (Å²) in [5.74, 6) is 1.11. The summed E-state index contributed by atoms with van der Waals surface area (Å²) in [5.41, 5.74) is 2.31. The number of aromatic nitrogens is 2. The molecule has 3 nitrogen and oxygen atoms in total. The molecule has 0 aliphatic carbocycles. The summed E-state index contributed by atoms with van der Waals surface area (Å²) in [6, 6.07) is 6.98. The first-order valence-electron chi connectivity index (χ1n) is 6.74. The highest BCUT2D eigenvalue weighted by Gasteiger charge is 2.21. The van der Waals surface area contributed by atoms with Crippen molar-refractivity contribution < 1.29 is 0 Å². The van der Waals surface area contributed by atoms with Crippen LogP contribution >= 0.6 is 0 Å². The zero-order chi connectivity index (χ0) is 12.5. The normalized spacial score (nSPS) is 20.3. The van der Waals surface area contributed by atoms with Crippen molar-refractivity contribution in [1.82, 2.24) is 9.97 Å². The first kappa shape index (κ1) is 11.5. The lowest BCUT2D eigenvalue weighted by molar-refractivity contribution is 0.482. The van der Waals surface area contributed by atoms with E-state index >= 15 is 0 Å². The Morgan fingerprint density at radius 1 is 1.22 bits per heavy atom. The maximum absolute atomic E-state index is 4.54. The highest BCUT2D eigenvalue weighted by molar-refractivity contribution is 5.89. The van der Waals surface area contributed by atoms with Gasteiger partial charge in [0.05, 0.1) is 5.52 Å². The Morgan fingerprint density at radius 3 is 2.94 bits per heavy atom. The largest absolute Gasteiger partial charge is 0.353 e. The van der Waals surface area contributed by atoms with Gasteiger partial charge in [-0.2, -0.15) is 0 Å². The van der Waals surface area contributed by atoms with Gasteiger partial charge < -0.3 is 4.90 Å². The van der Waals surface area contributed by atoms with Gasteiger partial charge in [0.1, 0.15) is 12.1 Å². The van der Waals surface area contributed by atoms with Crippen LogP contribution in [0.3, 0.4) is 0 Å². The van der Waals surface area contributed by atoms with Gasteiger partial charge in [0, 0.05) is 18.0 Å². The Hall–Kier alpha value is -1.64. The Balaban J connectivity index is 2.12. The smallest absolute Gasteiger partial charge is 0.140 e.